The molecular formula is C15H15N3O3. The Morgan fingerprint density at radius 2 is 1.81 bits per heavy atom. The monoisotopic (exact) mass is 285 g/mol. The Hall–Kier alpha value is -2.76. The first-order chi connectivity index (χ1) is 10.1. The van der Waals surface area contributed by atoms with Crippen molar-refractivity contribution in [2.24, 2.45) is 0 Å². The molecule has 1 aromatic carbocycles. The largest absolute Gasteiger partial charge is 0.477 e. The summed E-state index contributed by atoms with van der Waals surface area (Å²) in [5, 5.41) is 10.3. The van der Waals surface area contributed by atoms with Gasteiger partial charge in [-0.05, 0) is 44.2 Å². The maximum Gasteiger partial charge on any atom is 0.276 e. The van der Waals surface area contributed by atoms with Gasteiger partial charge in [0, 0.05) is 17.3 Å². The van der Waals surface area contributed by atoms with Gasteiger partial charge >= 0.3 is 0 Å². The lowest BCUT2D eigenvalue weighted by atomic mass is 10.1. The number of carbonyl (C=O) groups is 2. The van der Waals surface area contributed by atoms with Crippen molar-refractivity contribution in [1.82, 2.24) is 10.2 Å². The molecule has 1 amide bonds. The minimum absolute atomic E-state index is 0.0229. The molecule has 0 saturated carbocycles. The molecule has 21 heavy (non-hydrogen) atoms. The fourth-order valence-corrected chi connectivity index (χ4v) is 1.65. The topological polar surface area (TPSA) is 81.2 Å². The third-order valence-corrected chi connectivity index (χ3v) is 2.71. The van der Waals surface area contributed by atoms with E-state index in [0.717, 1.165) is 0 Å². The van der Waals surface area contributed by atoms with E-state index in [-0.39, 0.29) is 17.4 Å². The van der Waals surface area contributed by atoms with Gasteiger partial charge in [-0.1, -0.05) is 0 Å². The average Bonchev–Trinajstić information content (AvgIpc) is 2.49. The van der Waals surface area contributed by atoms with E-state index >= 15 is 0 Å². The molecule has 0 fully saturated rings. The molecule has 2 aromatic rings. The number of amides is 1. The maximum atomic E-state index is 12.0. The van der Waals surface area contributed by atoms with Crippen LogP contribution in [0.3, 0.4) is 0 Å². The number of nitrogens with zero attached hydrogens (tertiary/aromatic N) is 2. The van der Waals surface area contributed by atoms with Crippen molar-refractivity contribution in [2.75, 3.05) is 11.9 Å². The van der Waals surface area contributed by atoms with E-state index in [9.17, 15) is 9.59 Å². The van der Waals surface area contributed by atoms with Gasteiger partial charge in [0.1, 0.15) is 0 Å². The predicted octanol–water partition coefficient (Wildman–Crippen LogP) is 2.33. The van der Waals surface area contributed by atoms with E-state index in [4.69, 9.17) is 4.74 Å². The molecule has 2 rings (SSSR count). The molecule has 1 heterocycles. The summed E-state index contributed by atoms with van der Waals surface area (Å²) >= 11 is 0. The van der Waals surface area contributed by atoms with Gasteiger partial charge in [0.25, 0.3) is 5.91 Å². The van der Waals surface area contributed by atoms with Crippen molar-refractivity contribution in [2.45, 2.75) is 13.8 Å². The van der Waals surface area contributed by atoms with E-state index < -0.39 is 0 Å². The summed E-state index contributed by atoms with van der Waals surface area (Å²) in [5.74, 6) is -0.0220. The quantitative estimate of drug-likeness (QED) is 0.853. The zero-order valence-corrected chi connectivity index (χ0v) is 11.8. The van der Waals surface area contributed by atoms with Gasteiger partial charge in [0.05, 0.1) is 6.61 Å². The van der Waals surface area contributed by atoms with Crippen LogP contribution < -0.4 is 10.1 Å². The van der Waals surface area contributed by atoms with Gasteiger partial charge in [-0.3, -0.25) is 9.59 Å². The lowest BCUT2D eigenvalue weighted by Gasteiger charge is -2.05. The molecular weight excluding hydrogens is 270 g/mol. The zero-order valence-electron chi connectivity index (χ0n) is 11.8. The second-order valence-corrected chi connectivity index (χ2v) is 4.28. The highest BCUT2D eigenvalue weighted by Gasteiger charge is 2.09. The number of carbonyl (C=O) groups excluding carboxylic acids is 2. The molecule has 0 aliphatic carbocycles. The summed E-state index contributed by atoms with van der Waals surface area (Å²) in [7, 11) is 0. The Morgan fingerprint density at radius 3 is 2.33 bits per heavy atom. The number of ether oxygens (including phenoxy) is 1. The van der Waals surface area contributed by atoms with Crippen LogP contribution in [0.15, 0.2) is 36.4 Å². The Balaban J connectivity index is 2.05. The van der Waals surface area contributed by atoms with Crippen LogP contribution in [0, 0.1) is 0 Å². The summed E-state index contributed by atoms with van der Waals surface area (Å²) in [6, 6.07) is 9.76. The van der Waals surface area contributed by atoms with Crippen LogP contribution in [0.4, 0.5) is 5.69 Å². The van der Waals surface area contributed by atoms with Crippen molar-refractivity contribution in [3.05, 3.63) is 47.7 Å². The third kappa shape index (κ3) is 3.85. The lowest BCUT2D eigenvalue weighted by molar-refractivity contribution is 0.101. The summed E-state index contributed by atoms with van der Waals surface area (Å²) in [6.07, 6.45) is 0. The Labute approximate surface area is 122 Å². The standard InChI is InChI=1S/C15H15N3O3/c1-3-21-14-9-8-13(17-18-14)15(20)16-12-6-4-11(5-7-12)10(2)19/h4-9H,3H2,1-2H3,(H,16,20). The van der Waals surface area contributed by atoms with Crippen LogP contribution in [0.25, 0.3) is 0 Å². The number of Topliss-reactive ketones (excluding diaryl/α,β-unsaturated/α-hetero) is 1. The number of benzene rings is 1. The number of anilines is 1. The molecule has 108 valence electrons. The van der Waals surface area contributed by atoms with Crippen LogP contribution >= 0.6 is 0 Å². The molecule has 6 heteroatoms. The highest BCUT2D eigenvalue weighted by molar-refractivity contribution is 6.03. The van der Waals surface area contributed by atoms with E-state index in [1.807, 2.05) is 6.92 Å². The van der Waals surface area contributed by atoms with E-state index in [1.54, 1.807) is 30.3 Å². The average molecular weight is 285 g/mol. The van der Waals surface area contributed by atoms with Gasteiger partial charge in [-0.15, -0.1) is 10.2 Å². The molecule has 0 radical (unpaired) electrons. The summed E-state index contributed by atoms with van der Waals surface area (Å²) in [4.78, 5) is 23.1. The van der Waals surface area contributed by atoms with Crippen LogP contribution in [-0.4, -0.2) is 28.5 Å². The fourth-order valence-electron chi connectivity index (χ4n) is 1.65. The number of nitrogens with one attached hydrogen (secondary N) is 1. The molecule has 1 N–H and O–H groups in total. The first-order valence-electron chi connectivity index (χ1n) is 6.49. The second kappa shape index (κ2) is 6.60. The molecule has 6 nitrogen and oxygen atoms in total. The van der Waals surface area contributed by atoms with Gasteiger partial charge in [-0.2, -0.15) is 0 Å². The maximum absolute atomic E-state index is 12.0. The molecule has 0 atom stereocenters. The van der Waals surface area contributed by atoms with Gasteiger partial charge < -0.3 is 10.1 Å². The van der Waals surface area contributed by atoms with E-state index in [0.29, 0.717) is 23.7 Å². The minimum Gasteiger partial charge on any atom is -0.477 e. The lowest BCUT2D eigenvalue weighted by Crippen LogP contribution is -2.14. The van der Waals surface area contributed by atoms with Crippen LogP contribution in [0.1, 0.15) is 34.7 Å². The molecule has 0 saturated heterocycles. The predicted molar refractivity (Wildman–Crippen MR) is 77.6 cm³/mol. The Morgan fingerprint density at radius 1 is 1.10 bits per heavy atom. The Kier molecular flexibility index (Phi) is 4.61. The summed E-state index contributed by atoms with van der Waals surface area (Å²) in [6.45, 7) is 3.82. The van der Waals surface area contributed by atoms with Gasteiger partial charge in [0.15, 0.2) is 11.5 Å². The molecule has 1 aromatic heterocycles. The highest BCUT2D eigenvalue weighted by Crippen LogP contribution is 2.12. The van der Waals surface area contributed by atoms with Crippen molar-refractivity contribution < 1.29 is 14.3 Å². The normalized spacial score (nSPS) is 10.0. The van der Waals surface area contributed by atoms with Crippen molar-refractivity contribution in [1.29, 1.82) is 0 Å². The highest BCUT2D eigenvalue weighted by atomic mass is 16.5. The number of ketones is 1. The van der Waals surface area contributed by atoms with Crippen LogP contribution in [-0.2, 0) is 0 Å². The fraction of sp³-hybridized carbons (Fsp3) is 0.200. The molecule has 0 bridgehead atoms. The number of aromatic nitrogens is 2. The number of hydrogen-bond acceptors (Lipinski definition) is 5. The molecule has 0 aliphatic heterocycles. The molecule has 0 unspecified atom stereocenters. The smallest absolute Gasteiger partial charge is 0.276 e. The number of hydrogen-bond donors (Lipinski definition) is 1. The number of rotatable bonds is 5. The van der Waals surface area contributed by atoms with Gasteiger partial charge in [-0.25, -0.2) is 0 Å². The third-order valence-electron chi connectivity index (χ3n) is 2.71. The SMILES string of the molecule is CCOc1ccc(C(=O)Nc2ccc(C(C)=O)cc2)nn1. The zero-order chi connectivity index (χ0) is 15.2. The van der Waals surface area contributed by atoms with Crippen molar-refractivity contribution in [3.8, 4) is 5.88 Å². The molecule has 0 aliphatic rings. The Bertz CT molecular complexity index is 636. The first kappa shape index (κ1) is 14.6. The van der Waals surface area contributed by atoms with Gasteiger partial charge in [0.2, 0.25) is 5.88 Å². The van der Waals surface area contributed by atoms with E-state index in [2.05, 4.69) is 15.5 Å². The first-order valence-corrected chi connectivity index (χ1v) is 6.49. The minimum atomic E-state index is -0.374. The summed E-state index contributed by atoms with van der Waals surface area (Å²) < 4.78 is 5.16. The van der Waals surface area contributed by atoms with Crippen LogP contribution in [0.5, 0.6) is 5.88 Å². The second-order valence-electron chi connectivity index (χ2n) is 4.28. The molecule has 0 spiro atoms. The van der Waals surface area contributed by atoms with Crippen LogP contribution in [0.2, 0.25) is 0 Å². The van der Waals surface area contributed by atoms with Crippen molar-refractivity contribution in [3.63, 3.8) is 0 Å². The summed E-state index contributed by atoms with van der Waals surface area (Å²) in [5.41, 5.74) is 1.36. The van der Waals surface area contributed by atoms with Crippen molar-refractivity contribution >= 4 is 17.4 Å². The van der Waals surface area contributed by atoms with E-state index in [1.165, 1.54) is 13.0 Å².